The molecule has 0 saturated heterocycles. The van der Waals surface area contributed by atoms with E-state index in [-0.39, 0.29) is 17.7 Å². The summed E-state index contributed by atoms with van der Waals surface area (Å²) in [6.45, 7) is 2.11. The van der Waals surface area contributed by atoms with Crippen molar-refractivity contribution in [3.8, 4) is 5.75 Å². The number of ether oxygens (including phenoxy) is 1. The summed E-state index contributed by atoms with van der Waals surface area (Å²) < 4.78 is 5.30. The van der Waals surface area contributed by atoms with E-state index in [0.29, 0.717) is 6.42 Å². The molecule has 5 rings (SSSR count). The summed E-state index contributed by atoms with van der Waals surface area (Å²) in [5.41, 5.74) is 7.38. The zero-order valence-electron chi connectivity index (χ0n) is 17.8. The molecule has 31 heavy (non-hydrogen) atoms. The van der Waals surface area contributed by atoms with E-state index in [1.54, 1.807) is 7.11 Å². The third-order valence-electron chi connectivity index (χ3n) is 6.40. The number of rotatable bonds is 3. The Bertz CT molecular complexity index is 1160. The van der Waals surface area contributed by atoms with Gasteiger partial charge in [0.2, 0.25) is 0 Å². The zero-order chi connectivity index (χ0) is 21.4. The molecule has 4 nitrogen and oxygen atoms in total. The van der Waals surface area contributed by atoms with Gasteiger partial charge in [0.25, 0.3) is 0 Å². The monoisotopic (exact) mass is 410 g/mol. The number of ketones is 1. The minimum absolute atomic E-state index is 0.146. The number of hydrogen-bond donors (Lipinski definition) is 2. The van der Waals surface area contributed by atoms with Gasteiger partial charge in [-0.25, -0.2) is 0 Å². The predicted molar refractivity (Wildman–Crippen MR) is 125 cm³/mol. The molecule has 3 aromatic carbocycles. The smallest absolute Gasteiger partial charge is 0.163 e. The number of benzene rings is 3. The van der Waals surface area contributed by atoms with E-state index in [1.165, 1.54) is 11.1 Å². The summed E-state index contributed by atoms with van der Waals surface area (Å²) in [5, 5.41) is 7.26. The average molecular weight is 411 g/mol. The first kappa shape index (κ1) is 19.4. The van der Waals surface area contributed by atoms with Gasteiger partial charge < -0.3 is 15.4 Å². The van der Waals surface area contributed by atoms with Gasteiger partial charge in [0.1, 0.15) is 5.75 Å². The number of para-hydroxylation sites is 2. The van der Waals surface area contributed by atoms with E-state index >= 15 is 0 Å². The summed E-state index contributed by atoms with van der Waals surface area (Å²) in [7, 11) is 1.67. The Kier molecular flexibility index (Phi) is 4.99. The van der Waals surface area contributed by atoms with Crippen molar-refractivity contribution in [3.63, 3.8) is 0 Å². The van der Waals surface area contributed by atoms with Crippen molar-refractivity contribution in [2.45, 2.75) is 31.7 Å². The lowest BCUT2D eigenvalue weighted by molar-refractivity contribution is -0.116. The van der Waals surface area contributed by atoms with Crippen molar-refractivity contribution in [1.82, 2.24) is 0 Å². The van der Waals surface area contributed by atoms with Gasteiger partial charge >= 0.3 is 0 Å². The molecule has 1 aliphatic heterocycles. The van der Waals surface area contributed by atoms with Crippen LogP contribution in [0, 0.1) is 6.92 Å². The SMILES string of the molecule is COc1ccc([C@@H]2CC(=O)C3=C(C2)Nc2ccccc2N[C@@H]3c2ccccc2C)cc1. The number of aryl methyl sites for hydroxylation is 1. The topological polar surface area (TPSA) is 50.4 Å². The normalized spacial score (nSPS) is 20.1. The van der Waals surface area contributed by atoms with Crippen LogP contribution in [0.4, 0.5) is 11.4 Å². The maximum Gasteiger partial charge on any atom is 0.163 e. The summed E-state index contributed by atoms with van der Waals surface area (Å²) in [6.07, 6.45) is 1.30. The number of anilines is 2. The van der Waals surface area contributed by atoms with Crippen LogP contribution < -0.4 is 15.4 Å². The maximum absolute atomic E-state index is 13.6. The maximum atomic E-state index is 13.6. The highest BCUT2D eigenvalue weighted by Gasteiger charge is 2.36. The quantitative estimate of drug-likeness (QED) is 0.557. The van der Waals surface area contributed by atoms with Gasteiger partial charge in [-0.15, -0.1) is 0 Å². The molecule has 0 spiro atoms. The molecule has 2 atom stereocenters. The van der Waals surface area contributed by atoms with Gasteiger partial charge in [-0.2, -0.15) is 0 Å². The van der Waals surface area contributed by atoms with Crippen LogP contribution in [0.2, 0.25) is 0 Å². The largest absolute Gasteiger partial charge is 0.497 e. The molecule has 2 N–H and O–H groups in total. The predicted octanol–water partition coefficient (Wildman–Crippen LogP) is 5.98. The van der Waals surface area contributed by atoms with Gasteiger partial charge in [0, 0.05) is 17.7 Å². The van der Waals surface area contributed by atoms with Crippen LogP contribution >= 0.6 is 0 Å². The molecular formula is C27H26N2O2. The van der Waals surface area contributed by atoms with Crippen LogP contribution in [0.25, 0.3) is 0 Å². The first-order valence-corrected chi connectivity index (χ1v) is 10.7. The lowest BCUT2D eigenvalue weighted by atomic mass is 9.78. The van der Waals surface area contributed by atoms with E-state index in [1.807, 2.05) is 36.4 Å². The molecule has 0 saturated carbocycles. The lowest BCUT2D eigenvalue weighted by Crippen LogP contribution is -2.27. The molecule has 0 aromatic heterocycles. The van der Waals surface area contributed by atoms with Crippen LogP contribution in [0.15, 0.2) is 84.1 Å². The van der Waals surface area contributed by atoms with E-state index in [9.17, 15) is 4.79 Å². The first-order chi connectivity index (χ1) is 15.1. The van der Waals surface area contributed by atoms with Crippen LogP contribution in [0.5, 0.6) is 5.75 Å². The second kappa shape index (κ2) is 7.95. The molecular weight excluding hydrogens is 384 g/mol. The molecule has 0 unspecified atom stereocenters. The van der Waals surface area contributed by atoms with Crippen LogP contribution in [0.1, 0.15) is 41.5 Å². The molecule has 0 amide bonds. The van der Waals surface area contributed by atoms with Gasteiger partial charge in [0.15, 0.2) is 5.78 Å². The second-order valence-corrected chi connectivity index (χ2v) is 8.30. The van der Waals surface area contributed by atoms with E-state index in [4.69, 9.17) is 4.74 Å². The number of Topliss-reactive ketones (excluding diaryl/α,β-unsaturated/α-hetero) is 1. The number of carbonyl (C=O) groups is 1. The van der Waals surface area contributed by atoms with Crippen molar-refractivity contribution >= 4 is 17.2 Å². The number of fused-ring (bicyclic) bond motifs is 1. The Morgan fingerprint density at radius 2 is 1.58 bits per heavy atom. The van der Waals surface area contributed by atoms with Crippen LogP contribution in [-0.4, -0.2) is 12.9 Å². The number of carbonyl (C=O) groups excluding carboxylic acids is 1. The highest BCUT2D eigenvalue weighted by molar-refractivity contribution is 6.01. The third kappa shape index (κ3) is 3.59. The molecule has 1 aliphatic carbocycles. The highest BCUT2D eigenvalue weighted by Crippen LogP contribution is 2.44. The minimum Gasteiger partial charge on any atom is -0.497 e. The van der Waals surface area contributed by atoms with Gasteiger partial charge in [-0.05, 0) is 60.2 Å². The van der Waals surface area contributed by atoms with Gasteiger partial charge in [-0.1, -0.05) is 48.5 Å². The molecule has 3 aromatic rings. The van der Waals surface area contributed by atoms with Crippen molar-refractivity contribution in [2.24, 2.45) is 0 Å². The fourth-order valence-electron chi connectivity index (χ4n) is 4.75. The van der Waals surface area contributed by atoms with Gasteiger partial charge in [-0.3, -0.25) is 4.79 Å². The van der Waals surface area contributed by atoms with Crippen molar-refractivity contribution in [2.75, 3.05) is 17.7 Å². The Morgan fingerprint density at radius 3 is 2.32 bits per heavy atom. The Balaban J connectivity index is 1.59. The number of hydrogen-bond acceptors (Lipinski definition) is 4. The van der Waals surface area contributed by atoms with Crippen LogP contribution in [-0.2, 0) is 4.79 Å². The average Bonchev–Trinajstić information content (AvgIpc) is 2.96. The fourth-order valence-corrected chi connectivity index (χ4v) is 4.75. The first-order valence-electron chi connectivity index (χ1n) is 10.7. The number of nitrogens with one attached hydrogen (secondary N) is 2. The van der Waals surface area contributed by atoms with E-state index < -0.39 is 0 Å². The van der Waals surface area contributed by atoms with Crippen molar-refractivity contribution in [3.05, 3.63) is 101 Å². The number of methoxy groups -OCH3 is 1. The molecule has 2 aliphatic rings. The Morgan fingerprint density at radius 1 is 0.871 bits per heavy atom. The zero-order valence-corrected chi connectivity index (χ0v) is 17.8. The van der Waals surface area contributed by atoms with Crippen LogP contribution in [0.3, 0.4) is 0 Å². The summed E-state index contributed by atoms with van der Waals surface area (Å²) in [5.74, 6) is 1.17. The molecule has 0 radical (unpaired) electrons. The fraction of sp³-hybridized carbons (Fsp3) is 0.222. The summed E-state index contributed by atoms with van der Waals surface area (Å²) >= 11 is 0. The lowest BCUT2D eigenvalue weighted by Gasteiger charge is -2.30. The van der Waals surface area contributed by atoms with Crippen molar-refractivity contribution in [1.29, 1.82) is 0 Å². The number of allylic oxidation sites excluding steroid dienone is 1. The van der Waals surface area contributed by atoms with E-state index in [2.05, 4.69) is 54.0 Å². The Hall–Kier alpha value is -3.53. The van der Waals surface area contributed by atoms with Gasteiger partial charge in [0.05, 0.1) is 24.5 Å². The molecule has 4 heteroatoms. The van der Waals surface area contributed by atoms with E-state index in [0.717, 1.165) is 40.4 Å². The summed E-state index contributed by atoms with van der Waals surface area (Å²) in [6, 6.07) is 24.4. The Labute approximate surface area is 183 Å². The minimum atomic E-state index is -0.170. The second-order valence-electron chi connectivity index (χ2n) is 8.30. The molecule has 156 valence electrons. The standard InChI is InChI=1S/C27H26N2O2/c1-17-7-3-4-8-21(17)27-26-24(28-22-9-5-6-10-23(22)29-27)15-19(16-25(26)30)18-11-13-20(31-2)14-12-18/h3-14,19,27-29H,15-16H2,1-2H3/t19-,27+/m0/s1. The summed E-state index contributed by atoms with van der Waals surface area (Å²) in [4.78, 5) is 13.6. The van der Waals surface area contributed by atoms with Crippen molar-refractivity contribution < 1.29 is 9.53 Å². The molecule has 0 fully saturated rings. The molecule has 0 bridgehead atoms. The third-order valence-corrected chi connectivity index (χ3v) is 6.40. The highest BCUT2D eigenvalue weighted by atomic mass is 16.5. The molecule has 1 heterocycles.